The van der Waals surface area contributed by atoms with Gasteiger partial charge in [-0.3, -0.25) is 4.90 Å². The minimum Gasteiger partial charge on any atom is -0.338 e. The van der Waals surface area contributed by atoms with E-state index in [1.165, 1.54) is 19.5 Å². The van der Waals surface area contributed by atoms with Gasteiger partial charge in [-0.15, -0.1) is 0 Å². The molecule has 0 amide bonds. The van der Waals surface area contributed by atoms with Gasteiger partial charge in [-0.1, -0.05) is 12.1 Å². The smallest absolute Gasteiger partial charge is 0.240 e. The Balaban J connectivity index is 1.76. The van der Waals surface area contributed by atoms with E-state index < -0.39 is 0 Å². The predicted molar refractivity (Wildman–Crippen MR) is 79.4 cm³/mol. The maximum atomic E-state index is 5.30. The van der Waals surface area contributed by atoms with Gasteiger partial charge < -0.3 is 9.42 Å². The Hall–Kier alpha value is -0.940. The fraction of sp³-hybridized carbons (Fsp3) is 0.867. The lowest BCUT2D eigenvalue weighted by Gasteiger charge is -2.22. The second kappa shape index (κ2) is 7.18. The van der Waals surface area contributed by atoms with E-state index in [2.05, 4.69) is 47.8 Å². The van der Waals surface area contributed by atoms with Crippen LogP contribution in [0.15, 0.2) is 4.52 Å². The Labute approximate surface area is 122 Å². The van der Waals surface area contributed by atoms with Gasteiger partial charge in [0, 0.05) is 25.6 Å². The Morgan fingerprint density at radius 1 is 1.45 bits per heavy atom. The molecule has 1 aromatic rings. The van der Waals surface area contributed by atoms with Crippen LogP contribution in [0, 0.1) is 5.92 Å². The molecule has 2 rings (SSSR count). The minimum atomic E-state index is 0.665. The molecule has 0 aromatic carbocycles. The zero-order valence-corrected chi connectivity index (χ0v) is 13.3. The van der Waals surface area contributed by atoms with Crippen molar-refractivity contribution in [3.05, 3.63) is 11.7 Å². The van der Waals surface area contributed by atoms with E-state index >= 15 is 0 Å². The highest BCUT2D eigenvalue weighted by Gasteiger charge is 2.25. The fourth-order valence-corrected chi connectivity index (χ4v) is 2.90. The molecule has 114 valence electrons. The van der Waals surface area contributed by atoms with E-state index in [0.717, 1.165) is 43.6 Å². The maximum absolute atomic E-state index is 5.30. The molecule has 0 radical (unpaired) electrons. The first-order valence-electron chi connectivity index (χ1n) is 7.82. The van der Waals surface area contributed by atoms with Crippen LogP contribution in [-0.2, 0) is 13.0 Å². The molecular weight excluding hydrogens is 252 g/mol. The zero-order chi connectivity index (χ0) is 14.5. The highest BCUT2D eigenvalue weighted by atomic mass is 16.5. The van der Waals surface area contributed by atoms with Crippen LogP contribution in [0.4, 0.5) is 0 Å². The molecule has 1 aliphatic rings. The van der Waals surface area contributed by atoms with Gasteiger partial charge in [0.1, 0.15) is 0 Å². The zero-order valence-electron chi connectivity index (χ0n) is 13.3. The predicted octanol–water partition coefficient (Wildman–Crippen LogP) is 2.18. The molecule has 20 heavy (non-hydrogen) atoms. The van der Waals surface area contributed by atoms with E-state index in [-0.39, 0.29) is 0 Å². The van der Waals surface area contributed by atoms with E-state index in [1.54, 1.807) is 0 Å². The van der Waals surface area contributed by atoms with Crippen molar-refractivity contribution in [3.8, 4) is 0 Å². The van der Waals surface area contributed by atoms with Crippen molar-refractivity contribution in [1.82, 2.24) is 19.9 Å². The van der Waals surface area contributed by atoms with Gasteiger partial charge in [-0.05, 0) is 46.2 Å². The summed E-state index contributed by atoms with van der Waals surface area (Å²) < 4.78 is 5.30. The van der Waals surface area contributed by atoms with Gasteiger partial charge in [0.2, 0.25) is 5.89 Å². The Morgan fingerprint density at radius 2 is 2.25 bits per heavy atom. The molecule has 0 aliphatic carbocycles. The molecule has 0 bridgehead atoms. The highest BCUT2D eigenvalue weighted by Crippen LogP contribution is 2.19. The number of hydrogen-bond acceptors (Lipinski definition) is 5. The summed E-state index contributed by atoms with van der Waals surface area (Å²) >= 11 is 0. The lowest BCUT2D eigenvalue weighted by atomic mass is 10.1. The Kier molecular flexibility index (Phi) is 5.54. The van der Waals surface area contributed by atoms with Gasteiger partial charge in [-0.25, -0.2) is 0 Å². The van der Waals surface area contributed by atoms with Crippen molar-refractivity contribution in [2.75, 3.05) is 26.7 Å². The molecule has 5 heteroatoms. The molecular formula is C15H28N4O. The van der Waals surface area contributed by atoms with Crippen LogP contribution in [-0.4, -0.2) is 52.7 Å². The molecule has 2 heterocycles. The van der Waals surface area contributed by atoms with Crippen LogP contribution in [0.3, 0.4) is 0 Å². The van der Waals surface area contributed by atoms with Crippen LogP contribution in [0.2, 0.25) is 0 Å². The van der Waals surface area contributed by atoms with Crippen molar-refractivity contribution in [3.63, 3.8) is 0 Å². The van der Waals surface area contributed by atoms with E-state index in [0.29, 0.717) is 6.04 Å². The summed E-state index contributed by atoms with van der Waals surface area (Å²) in [4.78, 5) is 9.29. The summed E-state index contributed by atoms with van der Waals surface area (Å²) in [6, 6.07) is 0.665. The molecule has 0 saturated carbocycles. The average Bonchev–Trinajstić information content (AvgIpc) is 2.99. The summed E-state index contributed by atoms with van der Waals surface area (Å²) in [7, 11) is 2.14. The second-order valence-corrected chi connectivity index (χ2v) is 6.29. The number of likely N-dealkylation sites (tertiary alicyclic amines) is 1. The standard InChI is InChI=1S/C15H28N4O/c1-5-6-14-16-15(20-17-14)11-18(4)9-13-7-8-19(10-13)12(2)3/h12-13H,5-11H2,1-4H3. The first kappa shape index (κ1) is 15.4. The Bertz CT molecular complexity index is 404. The monoisotopic (exact) mass is 280 g/mol. The largest absolute Gasteiger partial charge is 0.338 e. The quantitative estimate of drug-likeness (QED) is 0.766. The third-order valence-electron chi connectivity index (χ3n) is 4.01. The fourth-order valence-electron chi connectivity index (χ4n) is 2.90. The van der Waals surface area contributed by atoms with Crippen molar-refractivity contribution in [2.24, 2.45) is 5.92 Å². The van der Waals surface area contributed by atoms with E-state index in [9.17, 15) is 0 Å². The lowest BCUT2D eigenvalue weighted by Crippen LogP contribution is -2.31. The first-order valence-corrected chi connectivity index (χ1v) is 7.82. The van der Waals surface area contributed by atoms with Gasteiger partial charge in [0.25, 0.3) is 0 Å². The van der Waals surface area contributed by atoms with Crippen LogP contribution in [0.25, 0.3) is 0 Å². The minimum absolute atomic E-state index is 0.665. The summed E-state index contributed by atoms with van der Waals surface area (Å²) in [6.07, 6.45) is 3.26. The summed E-state index contributed by atoms with van der Waals surface area (Å²) in [5.74, 6) is 2.35. The van der Waals surface area contributed by atoms with Crippen molar-refractivity contribution < 1.29 is 4.52 Å². The lowest BCUT2D eigenvalue weighted by molar-refractivity contribution is 0.218. The highest BCUT2D eigenvalue weighted by molar-refractivity contribution is 4.87. The van der Waals surface area contributed by atoms with Crippen molar-refractivity contribution in [1.29, 1.82) is 0 Å². The van der Waals surface area contributed by atoms with Crippen molar-refractivity contribution in [2.45, 2.75) is 52.6 Å². The third kappa shape index (κ3) is 4.28. The number of aromatic nitrogens is 2. The number of hydrogen-bond donors (Lipinski definition) is 0. The first-order chi connectivity index (χ1) is 9.58. The molecule has 1 aliphatic heterocycles. The normalized spacial score (nSPS) is 20.4. The topological polar surface area (TPSA) is 45.4 Å². The number of aryl methyl sites for hydroxylation is 1. The molecule has 1 saturated heterocycles. The van der Waals surface area contributed by atoms with Crippen LogP contribution >= 0.6 is 0 Å². The molecule has 1 atom stereocenters. The molecule has 1 unspecified atom stereocenters. The molecule has 5 nitrogen and oxygen atoms in total. The third-order valence-corrected chi connectivity index (χ3v) is 4.01. The second-order valence-electron chi connectivity index (χ2n) is 6.29. The molecule has 0 N–H and O–H groups in total. The molecule has 0 spiro atoms. The summed E-state index contributed by atoms with van der Waals surface area (Å²) in [6.45, 7) is 11.0. The van der Waals surface area contributed by atoms with Crippen molar-refractivity contribution >= 4 is 0 Å². The summed E-state index contributed by atoms with van der Waals surface area (Å²) in [5, 5.41) is 4.01. The van der Waals surface area contributed by atoms with E-state index in [4.69, 9.17) is 4.52 Å². The van der Waals surface area contributed by atoms with Gasteiger partial charge in [0.05, 0.1) is 6.54 Å². The number of rotatable bonds is 7. The SMILES string of the molecule is CCCc1noc(CN(C)CC2CCN(C(C)C)C2)n1. The van der Waals surface area contributed by atoms with Gasteiger partial charge in [-0.2, -0.15) is 4.98 Å². The van der Waals surface area contributed by atoms with E-state index in [1.807, 2.05) is 0 Å². The van der Waals surface area contributed by atoms with Crippen LogP contribution in [0.1, 0.15) is 45.3 Å². The number of nitrogens with zero attached hydrogens (tertiary/aromatic N) is 4. The molecule has 1 fully saturated rings. The summed E-state index contributed by atoms with van der Waals surface area (Å²) in [5.41, 5.74) is 0. The van der Waals surface area contributed by atoms with Crippen LogP contribution < -0.4 is 0 Å². The van der Waals surface area contributed by atoms with Crippen LogP contribution in [0.5, 0.6) is 0 Å². The molecule has 1 aromatic heterocycles. The maximum Gasteiger partial charge on any atom is 0.240 e. The Morgan fingerprint density at radius 3 is 2.90 bits per heavy atom. The van der Waals surface area contributed by atoms with Gasteiger partial charge >= 0.3 is 0 Å². The average molecular weight is 280 g/mol. The van der Waals surface area contributed by atoms with Gasteiger partial charge in [0.15, 0.2) is 5.82 Å².